The normalized spacial score (nSPS) is 19.7. The quantitative estimate of drug-likeness (QED) is 0.654. The van der Waals surface area contributed by atoms with Crippen molar-refractivity contribution in [1.82, 2.24) is 4.90 Å². The van der Waals surface area contributed by atoms with E-state index >= 15 is 0 Å². The molecule has 0 spiro atoms. The van der Waals surface area contributed by atoms with Crippen molar-refractivity contribution < 1.29 is 27.5 Å². The molecule has 0 saturated carbocycles. The topological polar surface area (TPSA) is 90.0 Å². The van der Waals surface area contributed by atoms with Crippen LogP contribution >= 0.6 is 0 Å². The smallest absolute Gasteiger partial charge is 0.409 e. The van der Waals surface area contributed by atoms with Crippen LogP contribution in [0.25, 0.3) is 0 Å². The maximum absolute atomic E-state index is 11.5. The Morgan fingerprint density at radius 2 is 2.06 bits per heavy atom. The molecule has 0 aliphatic carbocycles. The van der Waals surface area contributed by atoms with Crippen LogP contribution in [-0.2, 0) is 24.1 Å². The second-order valence-corrected chi connectivity index (χ2v) is 6.46. The van der Waals surface area contributed by atoms with Crippen molar-refractivity contribution in [2.75, 3.05) is 38.8 Å². The zero-order chi connectivity index (χ0) is 13.8. The summed E-state index contributed by atoms with van der Waals surface area (Å²) in [6.07, 6.45) is 1.02. The monoisotopic (exact) mass is 279 g/mol. The molecule has 0 radical (unpaired) electrons. The van der Waals surface area contributed by atoms with Gasteiger partial charge < -0.3 is 14.4 Å². The van der Waals surface area contributed by atoms with Crippen LogP contribution in [0, 0.1) is 5.92 Å². The van der Waals surface area contributed by atoms with Gasteiger partial charge in [-0.25, -0.2) is 13.2 Å². The third-order valence-electron chi connectivity index (χ3n) is 2.66. The van der Waals surface area contributed by atoms with Gasteiger partial charge in [-0.15, -0.1) is 0 Å². The minimum Gasteiger partial charge on any atom is -0.469 e. The molecule has 1 saturated heterocycles. The Bertz CT molecular complexity index is 418. The van der Waals surface area contributed by atoms with Gasteiger partial charge in [0.05, 0.1) is 18.8 Å². The zero-order valence-corrected chi connectivity index (χ0v) is 11.2. The van der Waals surface area contributed by atoms with Crippen LogP contribution in [0.5, 0.6) is 0 Å². The molecule has 1 aliphatic heterocycles. The summed E-state index contributed by atoms with van der Waals surface area (Å²) in [4.78, 5) is 24.2. The Morgan fingerprint density at radius 3 is 2.61 bits per heavy atom. The predicted molar refractivity (Wildman–Crippen MR) is 62.8 cm³/mol. The Hall–Kier alpha value is -1.31. The Balaban J connectivity index is 2.34. The van der Waals surface area contributed by atoms with Crippen molar-refractivity contribution in [3.8, 4) is 0 Å². The van der Waals surface area contributed by atoms with Crippen molar-refractivity contribution in [3.63, 3.8) is 0 Å². The first kappa shape index (κ1) is 14.7. The third kappa shape index (κ3) is 4.52. The number of hydrogen-bond acceptors (Lipinski definition) is 6. The number of likely N-dealkylation sites (tertiary alicyclic amines) is 1. The maximum atomic E-state index is 11.5. The van der Waals surface area contributed by atoms with Gasteiger partial charge in [-0.05, 0) is 6.42 Å². The molecule has 1 unspecified atom stereocenters. The SMILES string of the molecule is COC(=O)C1CCN(C(=O)OCCS(C)(=O)=O)C1. The summed E-state index contributed by atoms with van der Waals surface area (Å²) in [5.41, 5.74) is 0. The van der Waals surface area contributed by atoms with Crippen molar-refractivity contribution >= 4 is 21.9 Å². The standard InChI is InChI=1S/C10H17NO6S/c1-16-9(12)8-3-4-11(7-8)10(13)17-5-6-18(2,14)15/h8H,3-7H2,1-2H3. The number of ether oxygens (including phenoxy) is 2. The van der Waals surface area contributed by atoms with E-state index in [1.165, 1.54) is 12.0 Å². The maximum Gasteiger partial charge on any atom is 0.409 e. The summed E-state index contributed by atoms with van der Waals surface area (Å²) >= 11 is 0. The van der Waals surface area contributed by atoms with Crippen LogP contribution < -0.4 is 0 Å². The van der Waals surface area contributed by atoms with Gasteiger partial charge in [-0.3, -0.25) is 4.79 Å². The fraction of sp³-hybridized carbons (Fsp3) is 0.800. The Kier molecular flexibility index (Phi) is 4.94. The molecule has 104 valence electrons. The van der Waals surface area contributed by atoms with E-state index < -0.39 is 15.9 Å². The molecule has 0 aromatic carbocycles. The fourth-order valence-electron chi connectivity index (χ4n) is 1.66. The molecule has 1 atom stereocenters. The lowest BCUT2D eigenvalue weighted by molar-refractivity contribution is -0.144. The molecule has 0 bridgehead atoms. The van der Waals surface area contributed by atoms with E-state index in [0.29, 0.717) is 13.0 Å². The van der Waals surface area contributed by atoms with Crippen molar-refractivity contribution in [2.24, 2.45) is 5.92 Å². The van der Waals surface area contributed by atoms with Gasteiger partial charge in [-0.2, -0.15) is 0 Å². The molecule has 1 amide bonds. The zero-order valence-electron chi connectivity index (χ0n) is 10.4. The summed E-state index contributed by atoms with van der Waals surface area (Å²) in [5, 5.41) is 0. The van der Waals surface area contributed by atoms with Crippen LogP contribution in [0.3, 0.4) is 0 Å². The van der Waals surface area contributed by atoms with Crippen LogP contribution in [-0.4, -0.2) is 64.2 Å². The number of hydrogen-bond donors (Lipinski definition) is 0. The van der Waals surface area contributed by atoms with Gasteiger partial charge in [0.25, 0.3) is 0 Å². The first-order chi connectivity index (χ1) is 8.33. The molecule has 7 nitrogen and oxygen atoms in total. The number of esters is 1. The van der Waals surface area contributed by atoms with Gasteiger partial charge in [0.1, 0.15) is 6.61 Å². The number of rotatable bonds is 4. The lowest BCUT2D eigenvalue weighted by Crippen LogP contribution is -2.31. The average Bonchev–Trinajstić information content (AvgIpc) is 2.75. The molecule has 0 N–H and O–H groups in total. The van der Waals surface area contributed by atoms with Crippen LogP contribution in [0.1, 0.15) is 6.42 Å². The lowest BCUT2D eigenvalue weighted by Gasteiger charge is -2.15. The molecular formula is C10H17NO6S. The molecule has 18 heavy (non-hydrogen) atoms. The minimum absolute atomic E-state index is 0.170. The van der Waals surface area contributed by atoms with E-state index in [4.69, 9.17) is 4.74 Å². The summed E-state index contributed by atoms with van der Waals surface area (Å²) < 4.78 is 31.1. The first-order valence-corrected chi connectivity index (χ1v) is 7.57. The van der Waals surface area contributed by atoms with Crippen molar-refractivity contribution in [2.45, 2.75) is 6.42 Å². The molecule has 1 aliphatic rings. The van der Waals surface area contributed by atoms with Gasteiger partial charge >= 0.3 is 12.1 Å². The molecule has 0 aromatic rings. The summed E-state index contributed by atoms with van der Waals surface area (Å²) in [6, 6.07) is 0. The number of nitrogens with zero attached hydrogens (tertiary/aromatic N) is 1. The van der Waals surface area contributed by atoms with E-state index in [0.717, 1.165) is 6.26 Å². The van der Waals surface area contributed by atoms with Crippen LogP contribution in [0.4, 0.5) is 4.79 Å². The highest BCUT2D eigenvalue weighted by atomic mass is 32.2. The first-order valence-electron chi connectivity index (χ1n) is 5.50. The Labute approximate surface area is 106 Å². The van der Waals surface area contributed by atoms with E-state index in [2.05, 4.69) is 4.74 Å². The van der Waals surface area contributed by atoms with Crippen LogP contribution in [0.15, 0.2) is 0 Å². The van der Waals surface area contributed by atoms with Gasteiger partial charge in [0, 0.05) is 19.3 Å². The van der Waals surface area contributed by atoms with Gasteiger partial charge in [-0.1, -0.05) is 0 Å². The number of amides is 1. The number of sulfone groups is 1. The average molecular weight is 279 g/mol. The van der Waals surface area contributed by atoms with Crippen molar-refractivity contribution in [1.29, 1.82) is 0 Å². The summed E-state index contributed by atoms with van der Waals surface area (Å²) in [6.45, 7) is 0.499. The molecular weight excluding hydrogens is 262 g/mol. The minimum atomic E-state index is -3.14. The van der Waals surface area contributed by atoms with E-state index in [1.54, 1.807) is 0 Å². The largest absolute Gasteiger partial charge is 0.469 e. The number of carbonyl (C=O) groups is 2. The van der Waals surface area contributed by atoms with E-state index in [9.17, 15) is 18.0 Å². The summed E-state index contributed by atoms with van der Waals surface area (Å²) in [5.74, 6) is -0.869. The molecule has 1 heterocycles. The highest BCUT2D eigenvalue weighted by Gasteiger charge is 2.32. The van der Waals surface area contributed by atoms with Crippen molar-refractivity contribution in [3.05, 3.63) is 0 Å². The summed E-state index contributed by atoms with van der Waals surface area (Å²) in [7, 11) is -1.84. The predicted octanol–water partition coefficient (Wildman–Crippen LogP) is -0.337. The van der Waals surface area contributed by atoms with Crippen LogP contribution in [0.2, 0.25) is 0 Å². The molecule has 1 rings (SSSR count). The number of methoxy groups -OCH3 is 1. The van der Waals surface area contributed by atoms with E-state index in [-0.39, 0.29) is 30.8 Å². The third-order valence-corrected chi connectivity index (χ3v) is 3.57. The van der Waals surface area contributed by atoms with Gasteiger partial charge in [0.15, 0.2) is 9.84 Å². The molecule has 1 fully saturated rings. The highest BCUT2D eigenvalue weighted by molar-refractivity contribution is 7.90. The lowest BCUT2D eigenvalue weighted by atomic mass is 10.1. The van der Waals surface area contributed by atoms with Gasteiger partial charge in [0.2, 0.25) is 0 Å². The second kappa shape index (κ2) is 6.03. The molecule has 0 aromatic heterocycles. The number of carbonyl (C=O) groups excluding carboxylic acids is 2. The highest BCUT2D eigenvalue weighted by Crippen LogP contribution is 2.18. The van der Waals surface area contributed by atoms with E-state index in [1.807, 2.05) is 0 Å². The fourth-order valence-corrected chi connectivity index (χ4v) is 2.04. The molecule has 8 heteroatoms. The Morgan fingerprint density at radius 1 is 1.39 bits per heavy atom. The second-order valence-electron chi connectivity index (χ2n) is 4.20.